The summed E-state index contributed by atoms with van der Waals surface area (Å²) in [6, 6.07) is 8.59. The summed E-state index contributed by atoms with van der Waals surface area (Å²) in [6.45, 7) is 4.08. The fourth-order valence-electron chi connectivity index (χ4n) is 1.75. The molecular weight excluding hydrogens is 164 g/mol. The molecule has 2 rings (SSSR count). The predicted molar refractivity (Wildman–Crippen MR) is 56.3 cm³/mol. The van der Waals surface area contributed by atoms with E-state index in [4.69, 9.17) is 0 Å². The van der Waals surface area contributed by atoms with E-state index < -0.39 is 0 Å². The maximum Gasteiger partial charge on any atom is 0.0340 e. The highest BCUT2D eigenvalue weighted by molar-refractivity contribution is 7.98. The first kappa shape index (κ1) is 7.93. The fraction of sp³-hybridized carbons (Fsp3) is 0.273. The van der Waals surface area contributed by atoms with Gasteiger partial charge in [0, 0.05) is 5.25 Å². The average molecular weight is 176 g/mol. The summed E-state index contributed by atoms with van der Waals surface area (Å²) < 4.78 is 0. The average Bonchev–Trinajstić information content (AvgIpc) is 2.44. The van der Waals surface area contributed by atoms with Crippen LogP contribution in [0.2, 0.25) is 0 Å². The van der Waals surface area contributed by atoms with Crippen LogP contribution in [0.25, 0.3) is 5.57 Å². The van der Waals surface area contributed by atoms with Crippen LogP contribution < -0.4 is 0 Å². The van der Waals surface area contributed by atoms with Gasteiger partial charge in [-0.15, -0.1) is 0 Å². The van der Waals surface area contributed by atoms with Gasteiger partial charge in [-0.25, -0.2) is 0 Å². The molecule has 0 radical (unpaired) electrons. The van der Waals surface area contributed by atoms with Gasteiger partial charge in [0.05, 0.1) is 0 Å². The maximum atomic E-state index is 4.08. The van der Waals surface area contributed by atoms with Crippen LogP contribution in [0.3, 0.4) is 0 Å². The first-order valence-electron chi connectivity index (χ1n) is 4.13. The maximum absolute atomic E-state index is 4.08. The number of hydrogen-bond acceptors (Lipinski definition) is 1. The van der Waals surface area contributed by atoms with Crippen LogP contribution >= 0.6 is 11.8 Å². The SMILES string of the molecule is C=C1CC(SC)c2ccccc21. The minimum Gasteiger partial charge on any atom is -0.157 e. The molecule has 0 aliphatic heterocycles. The van der Waals surface area contributed by atoms with Gasteiger partial charge in [0.1, 0.15) is 0 Å². The van der Waals surface area contributed by atoms with Crippen molar-refractivity contribution in [3.8, 4) is 0 Å². The Labute approximate surface area is 77.7 Å². The lowest BCUT2D eigenvalue weighted by atomic mass is 10.1. The zero-order chi connectivity index (χ0) is 8.55. The summed E-state index contributed by atoms with van der Waals surface area (Å²) in [5.41, 5.74) is 4.14. The predicted octanol–water partition coefficient (Wildman–Crippen LogP) is 3.51. The van der Waals surface area contributed by atoms with Crippen LogP contribution in [-0.4, -0.2) is 6.26 Å². The Morgan fingerprint density at radius 3 is 2.92 bits per heavy atom. The van der Waals surface area contributed by atoms with Gasteiger partial charge in [-0.1, -0.05) is 30.8 Å². The van der Waals surface area contributed by atoms with Gasteiger partial charge >= 0.3 is 0 Å². The molecule has 0 saturated carbocycles. The van der Waals surface area contributed by atoms with E-state index >= 15 is 0 Å². The van der Waals surface area contributed by atoms with E-state index in [1.807, 2.05) is 11.8 Å². The quantitative estimate of drug-likeness (QED) is 0.631. The van der Waals surface area contributed by atoms with Crippen molar-refractivity contribution in [3.63, 3.8) is 0 Å². The summed E-state index contributed by atoms with van der Waals surface area (Å²) >= 11 is 1.92. The summed E-state index contributed by atoms with van der Waals surface area (Å²) in [7, 11) is 0. The Morgan fingerprint density at radius 2 is 2.17 bits per heavy atom. The molecule has 1 heteroatoms. The molecule has 1 aromatic carbocycles. The molecule has 62 valence electrons. The van der Waals surface area contributed by atoms with E-state index in [1.54, 1.807) is 0 Å². The number of rotatable bonds is 1. The molecule has 0 nitrogen and oxygen atoms in total. The molecular formula is C11H12S. The van der Waals surface area contributed by atoms with Crippen molar-refractivity contribution in [1.29, 1.82) is 0 Å². The molecule has 0 saturated heterocycles. The topological polar surface area (TPSA) is 0 Å². The second kappa shape index (κ2) is 2.98. The molecule has 0 amide bonds. The molecule has 1 aliphatic carbocycles. The zero-order valence-electron chi connectivity index (χ0n) is 7.21. The van der Waals surface area contributed by atoms with Crippen molar-refractivity contribution in [2.45, 2.75) is 11.7 Å². The number of hydrogen-bond donors (Lipinski definition) is 0. The number of thioether (sulfide) groups is 1. The van der Waals surface area contributed by atoms with E-state index in [1.165, 1.54) is 16.7 Å². The van der Waals surface area contributed by atoms with Crippen molar-refractivity contribution in [2.24, 2.45) is 0 Å². The third kappa shape index (κ3) is 1.09. The molecule has 0 bridgehead atoms. The fourth-order valence-corrected chi connectivity index (χ4v) is 2.58. The van der Waals surface area contributed by atoms with Crippen molar-refractivity contribution in [2.75, 3.05) is 6.26 Å². The minimum atomic E-state index is 0.647. The van der Waals surface area contributed by atoms with Crippen molar-refractivity contribution >= 4 is 17.3 Å². The van der Waals surface area contributed by atoms with Crippen LogP contribution in [0.4, 0.5) is 0 Å². The standard InChI is InChI=1S/C11H12S/c1-8-7-11(12-2)10-6-4-3-5-9(8)10/h3-6,11H,1,7H2,2H3. The van der Waals surface area contributed by atoms with Crippen molar-refractivity contribution < 1.29 is 0 Å². The van der Waals surface area contributed by atoms with Gasteiger partial charge in [-0.05, 0) is 29.4 Å². The molecule has 1 aliphatic rings. The molecule has 1 unspecified atom stereocenters. The normalized spacial score (nSPS) is 21.1. The molecule has 1 aromatic rings. The minimum absolute atomic E-state index is 0.647. The third-order valence-electron chi connectivity index (χ3n) is 2.40. The molecule has 1 atom stereocenters. The summed E-state index contributed by atoms with van der Waals surface area (Å²) in [6.07, 6.45) is 3.29. The van der Waals surface area contributed by atoms with Gasteiger partial charge in [-0.3, -0.25) is 0 Å². The molecule has 0 fully saturated rings. The Morgan fingerprint density at radius 1 is 1.42 bits per heavy atom. The van der Waals surface area contributed by atoms with E-state index in [9.17, 15) is 0 Å². The van der Waals surface area contributed by atoms with Gasteiger partial charge in [0.25, 0.3) is 0 Å². The zero-order valence-corrected chi connectivity index (χ0v) is 8.03. The first-order chi connectivity index (χ1) is 5.83. The third-order valence-corrected chi connectivity index (χ3v) is 3.39. The number of allylic oxidation sites excluding steroid dienone is 1. The molecule has 12 heavy (non-hydrogen) atoms. The van der Waals surface area contributed by atoms with E-state index in [2.05, 4.69) is 37.1 Å². The molecule has 0 spiro atoms. The van der Waals surface area contributed by atoms with Crippen LogP contribution in [0, 0.1) is 0 Å². The van der Waals surface area contributed by atoms with E-state index in [0.717, 1.165) is 6.42 Å². The number of benzene rings is 1. The highest BCUT2D eigenvalue weighted by Crippen LogP contribution is 2.45. The van der Waals surface area contributed by atoms with Crippen LogP contribution in [0.1, 0.15) is 22.8 Å². The van der Waals surface area contributed by atoms with Crippen LogP contribution in [0.5, 0.6) is 0 Å². The van der Waals surface area contributed by atoms with E-state index in [0.29, 0.717) is 5.25 Å². The molecule has 0 N–H and O–H groups in total. The second-order valence-electron chi connectivity index (χ2n) is 3.12. The molecule has 0 heterocycles. The Balaban J connectivity index is 2.50. The van der Waals surface area contributed by atoms with Gasteiger partial charge in [0.15, 0.2) is 0 Å². The highest BCUT2D eigenvalue weighted by atomic mass is 32.2. The largest absolute Gasteiger partial charge is 0.157 e. The Bertz CT molecular complexity index is 315. The monoisotopic (exact) mass is 176 g/mol. The van der Waals surface area contributed by atoms with E-state index in [-0.39, 0.29) is 0 Å². The second-order valence-corrected chi connectivity index (χ2v) is 4.16. The summed E-state index contributed by atoms with van der Waals surface area (Å²) in [5, 5.41) is 0.647. The lowest BCUT2D eigenvalue weighted by molar-refractivity contribution is 1.05. The molecule has 0 aromatic heterocycles. The lowest BCUT2D eigenvalue weighted by Gasteiger charge is -2.05. The first-order valence-corrected chi connectivity index (χ1v) is 5.41. The van der Waals surface area contributed by atoms with Gasteiger partial charge in [0.2, 0.25) is 0 Å². The lowest BCUT2D eigenvalue weighted by Crippen LogP contribution is -1.84. The Hall–Kier alpha value is -0.690. The van der Waals surface area contributed by atoms with Crippen molar-refractivity contribution in [3.05, 3.63) is 42.0 Å². The number of fused-ring (bicyclic) bond motifs is 1. The van der Waals surface area contributed by atoms with Gasteiger partial charge in [-0.2, -0.15) is 11.8 Å². The summed E-state index contributed by atoms with van der Waals surface area (Å²) in [4.78, 5) is 0. The highest BCUT2D eigenvalue weighted by Gasteiger charge is 2.23. The Kier molecular flexibility index (Phi) is 1.97. The van der Waals surface area contributed by atoms with Crippen molar-refractivity contribution in [1.82, 2.24) is 0 Å². The van der Waals surface area contributed by atoms with Crippen LogP contribution in [0.15, 0.2) is 30.8 Å². The van der Waals surface area contributed by atoms with Gasteiger partial charge < -0.3 is 0 Å². The van der Waals surface area contributed by atoms with Crippen LogP contribution in [-0.2, 0) is 0 Å². The summed E-state index contributed by atoms with van der Waals surface area (Å²) in [5.74, 6) is 0. The smallest absolute Gasteiger partial charge is 0.0340 e.